The number of aliphatic hydroxyl groups excluding tert-OH is 1. The molecule has 8 heteroatoms. The lowest BCUT2D eigenvalue weighted by Gasteiger charge is -2.60. The quantitative estimate of drug-likeness (QED) is 0.186. The molecule has 1 saturated heterocycles. The van der Waals surface area contributed by atoms with Crippen molar-refractivity contribution in [2.24, 2.45) is 22.7 Å². The molecule has 0 unspecified atom stereocenters. The number of benzene rings is 1. The van der Waals surface area contributed by atoms with Crippen LogP contribution < -0.4 is 4.72 Å². The van der Waals surface area contributed by atoms with Gasteiger partial charge in [0.2, 0.25) is 0 Å². The third kappa shape index (κ3) is 5.96. The van der Waals surface area contributed by atoms with Gasteiger partial charge in [-0.05, 0) is 103 Å². The molecule has 218 valence electrons. The van der Waals surface area contributed by atoms with Crippen LogP contribution in [0.1, 0.15) is 88.2 Å². The highest BCUT2D eigenvalue weighted by molar-refractivity contribution is 7.87. The van der Waals surface area contributed by atoms with Gasteiger partial charge in [0.25, 0.3) is 0 Å². The van der Waals surface area contributed by atoms with Crippen molar-refractivity contribution >= 4 is 16.0 Å². The minimum absolute atomic E-state index is 0.0572. The normalized spacial score (nSPS) is 34.6. The number of fused-ring (bicyclic) bond motifs is 5. The van der Waals surface area contributed by atoms with Gasteiger partial charge in [-0.15, -0.1) is 6.58 Å². The lowest BCUT2D eigenvalue weighted by molar-refractivity contribution is -0.0812. The van der Waals surface area contributed by atoms with Crippen LogP contribution in [0.4, 0.5) is 5.69 Å². The van der Waals surface area contributed by atoms with E-state index in [1.165, 1.54) is 49.8 Å². The van der Waals surface area contributed by atoms with Gasteiger partial charge in [-0.3, -0.25) is 14.2 Å². The molecule has 3 fully saturated rings. The number of nitrogens with one attached hydrogen (secondary N) is 1. The fourth-order valence-electron chi connectivity index (χ4n) is 9.02. The summed E-state index contributed by atoms with van der Waals surface area (Å²) in [7, 11) is -4.31. The predicted molar refractivity (Wildman–Crippen MR) is 155 cm³/mol. The summed E-state index contributed by atoms with van der Waals surface area (Å²) in [6.45, 7) is 11.8. The molecule has 0 spiro atoms. The van der Waals surface area contributed by atoms with Crippen molar-refractivity contribution in [3.8, 4) is 0 Å². The first-order chi connectivity index (χ1) is 18.7. The van der Waals surface area contributed by atoms with Gasteiger partial charge in [-0.25, -0.2) is 0 Å². The van der Waals surface area contributed by atoms with Crippen LogP contribution in [-0.4, -0.2) is 61.9 Å². The summed E-state index contributed by atoms with van der Waals surface area (Å²) in [4.78, 5) is 2.52. The van der Waals surface area contributed by atoms with Gasteiger partial charge in [-0.2, -0.15) is 8.42 Å². The molecule has 1 aliphatic heterocycles. The smallest absolute Gasteiger partial charge is 0.357 e. The van der Waals surface area contributed by atoms with Crippen LogP contribution in [0.5, 0.6) is 0 Å². The van der Waals surface area contributed by atoms with E-state index in [0.29, 0.717) is 23.4 Å². The number of morpholine rings is 1. The molecule has 39 heavy (non-hydrogen) atoms. The van der Waals surface area contributed by atoms with Crippen LogP contribution >= 0.6 is 0 Å². The maximum atomic E-state index is 11.4. The standard InChI is InChI=1S/C31H48N2O5S/c1-3-31-15-14-23-21-25(32-39(35,36)37)10-11-26(23)29(31)24(22-30(2)27(31)12-13-28(30)34)9-7-5-4-6-8-16-33-17-19-38-20-18-33/h3,10-11,21,24,27-29,32,34H,1,4-9,12-20,22H2,2H3,(H,35,36,37)/t24-,27+,28-,29+,30-,31-/m0/s1. The highest BCUT2D eigenvalue weighted by atomic mass is 32.2. The first-order valence-electron chi connectivity index (χ1n) is 15.2. The molecule has 0 bridgehead atoms. The first kappa shape index (κ1) is 29.1. The summed E-state index contributed by atoms with van der Waals surface area (Å²) in [5.41, 5.74) is 2.74. The zero-order valence-electron chi connectivity index (χ0n) is 23.6. The lowest BCUT2D eigenvalue weighted by atomic mass is 9.44. The van der Waals surface area contributed by atoms with Gasteiger partial charge < -0.3 is 9.84 Å². The number of rotatable bonds is 11. The molecule has 0 amide bonds. The predicted octanol–water partition coefficient (Wildman–Crippen LogP) is 5.57. The van der Waals surface area contributed by atoms with E-state index in [1.807, 2.05) is 6.07 Å². The van der Waals surface area contributed by atoms with Crippen LogP contribution in [0.2, 0.25) is 0 Å². The summed E-state index contributed by atoms with van der Waals surface area (Å²) in [6.07, 6.45) is 14.1. The maximum absolute atomic E-state index is 11.4. The Labute approximate surface area is 235 Å². The minimum atomic E-state index is -4.31. The van der Waals surface area contributed by atoms with Gasteiger partial charge in [0.1, 0.15) is 0 Å². The van der Waals surface area contributed by atoms with E-state index in [-0.39, 0.29) is 16.9 Å². The van der Waals surface area contributed by atoms with Gasteiger partial charge in [-0.1, -0.05) is 44.7 Å². The SMILES string of the molecule is C=C[C@@]12CCc3cc(NS(=O)(=O)O)ccc3[C@H]1[C@@H](CCCCCCCN1CCOCC1)C[C@@]1(C)[C@H]2CC[C@@H]1O. The number of hydrogen-bond acceptors (Lipinski definition) is 5. The molecular weight excluding hydrogens is 512 g/mol. The monoisotopic (exact) mass is 560 g/mol. The van der Waals surface area contributed by atoms with E-state index >= 15 is 0 Å². The second-order valence-corrected chi connectivity index (χ2v) is 14.1. The van der Waals surface area contributed by atoms with Crippen LogP contribution in [0, 0.1) is 22.7 Å². The van der Waals surface area contributed by atoms with E-state index in [0.717, 1.165) is 64.8 Å². The third-order valence-corrected chi connectivity index (χ3v) is 11.3. The topological polar surface area (TPSA) is 99.1 Å². The van der Waals surface area contributed by atoms with Crippen molar-refractivity contribution in [2.75, 3.05) is 37.6 Å². The molecule has 1 heterocycles. The molecule has 0 aromatic heterocycles. The Morgan fingerprint density at radius 3 is 2.64 bits per heavy atom. The number of aliphatic hydroxyl groups is 1. The molecule has 1 aromatic carbocycles. The van der Waals surface area contributed by atoms with E-state index < -0.39 is 10.3 Å². The Morgan fingerprint density at radius 2 is 1.90 bits per heavy atom. The zero-order chi connectivity index (χ0) is 27.7. The zero-order valence-corrected chi connectivity index (χ0v) is 24.4. The van der Waals surface area contributed by atoms with Crippen LogP contribution in [0.3, 0.4) is 0 Å². The summed E-state index contributed by atoms with van der Waals surface area (Å²) in [5.74, 6) is 1.18. The van der Waals surface area contributed by atoms with Crippen molar-refractivity contribution in [1.29, 1.82) is 0 Å². The second-order valence-electron chi connectivity index (χ2n) is 12.9. The van der Waals surface area contributed by atoms with Crippen LogP contribution in [0.15, 0.2) is 30.9 Å². The molecule has 1 aromatic rings. The van der Waals surface area contributed by atoms with Crippen LogP contribution in [0.25, 0.3) is 0 Å². The second kappa shape index (κ2) is 11.8. The third-order valence-electron chi connectivity index (χ3n) is 10.8. The van der Waals surface area contributed by atoms with Crippen molar-refractivity contribution in [3.05, 3.63) is 42.0 Å². The largest absolute Gasteiger partial charge is 0.393 e. The van der Waals surface area contributed by atoms with E-state index in [1.54, 1.807) is 6.07 Å². The van der Waals surface area contributed by atoms with E-state index in [4.69, 9.17) is 4.74 Å². The Balaban J connectivity index is 1.30. The number of ether oxygens (including phenoxy) is 1. The molecule has 3 N–H and O–H groups in total. The fraction of sp³-hybridized carbons (Fsp3) is 0.742. The molecule has 4 aliphatic rings. The van der Waals surface area contributed by atoms with Gasteiger partial charge in [0.05, 0.1) is 25.0 Å². The van der Waals surface area contributed by atoms with E-state index in [9.17, 15) is 18.1 Å². The highest BCUT2D eigenvalue weighted by Crippen LogP contribution is 2.69. The Bertz CT molecular complexity index is 1120. The maximum Gasteiger partial charge on any atom is 0.357 e. The summed E-state index contributed by atoms with van der Waals surface area (Å²) < 4.78 is 39.8. The van der Waals surface area contributed by atoms with Crippen molar-refractivity contribution in [3.63, 3.8) is 0 Å². The molecule has 5 rings (SSSR count). The molecule has 3 aliphatic carbocycles. The number of anilines is 1. The van der Waals surface area contributed by atoms with Gasteiger partial charge >= 0.3 is 10.3 Å². The van der Waals surface area contributed by atoms with Crippen molar-refractivity contribution in [1.82, 2.24) is 4.90 Å². The van der Waals surface area contributed by atoms with E-state index in [2.05, 4.69) is 35.3 Å². The molecule has 0 radical (unpaired) electrons. The Hall–Kier alpha value is -1.45. The van der Waals surface area contributed by atoms with Gasteiger partial charge in [0, 0.05) is 13.1 Å². The molecule has 7 nitrogen and oxygen atoms in total. The fourth-order valence-corrected chi connectivity index (χ4v) is 9.44. The number of aryl methyl sites for hydroxylation is 1. The minimum Gasteiger partial charge on any atom is -0.393 e. The average molecular weight is 561 g/mol. The summed E-state index contributed by atoms with van der Waals surface area (Å²) >= 11 is 0. The molecule has 2 saturated carbocycles. The molecular formula is C31H48N2O5S. The molecule has 6 atom stereocenters. The Morgan fingerprint density at radius 1 is 1.15 bits per heavy atom. The number of unbranched alkanes of at least 4 members (excludes halogenated alkanes) is 4. The highest BCUT2D eigenvalue weighted by Gasteiger charge is 2.63. The summed E-state index contributed by atoms with van der Waals surface area (Å²) in [5, 5.41) is 11.2. The Kier molecular flexibility index (Phi) is 8.80. The number of hydrogen-bond donors (Lipinski definition) is 3. The van der Waals surface area contributed by atoms with Gasteiger partial charge in [0.15, 0.2) is 0 Å². The number of allylic oxidation sites excluding steroid dienone is 1. The van der Waals surface area contributed by atoms with Crippen molar-refractivity contribution in [2.45, 2.75) is 89.6 Å². The van der Waals surface area contributed by atoms with Crippen molar-refractivity contribution < 1.29 is 22.8 Å². The van der Waals surface area contributed by atoms with Crippen LogP contribution in [-0.2, 0) is 21.5 Å². The first-order valence-corrected chi connectivity index (χ1v) is 16.6. The average Bonchev–Trinajstić information content (AvgIpc) is 3.21. The lowest BCUT2D eigenvalue weighted by Crippen LogP contribution is -2.54. The summed E-state index contributed by atoms with van der Waals surface area (Å²) in [6, 6.07) is 5.77. The number of nitrogens with zero attached hydrogens (tertiary/aromatic N) is 1.